The maximum absolute atomic E-state index is 15.4. The molecule has 1 aliphatic carbocycles. The number of allylic oxidation sites excluding steroid dienone is 2. The van der Waals surface area contributed by atoms with Crippen LogP contribution in [0.15, 0.2) is 78.9 Å². The molecule has 1 aromatic heterocycles. The monoisotopic (exact) mass is 544 g/mol. The van der Waals surface area contributed by atoms with Crippen LogP contribution >= 0.6 is 11.3 Å². The lowest BCUT2D eigenvalue weighted by molar-refractivity contribution is -0.254. The first-order chi connectivity index (χ1) is 17.9. The van der Waals surface area contributed by atoms with Crippen molar-refractivity contribution in [1.82, 2.24) is 0 Å². The van der Waals surface area contributed by atoms with Gasteiger partial charge in [-0.3, -0.25) is 0 Å². The smallest absolute Gasteiger partial charge is 0.380 e. The van der Waals surface area contributed by atoms with Gasteiger partial charge in [0.2, 0.25) is 0 Å². The highest BCUT2D eigenvalue weighted by Crippen LogP contribution is 2.65. The van der Waals surface area contributed by atoms with Gasteiger partial charge in [-0.15, -0.1) is 11.3 Å². The number of thiophene rings is 1. The van der Waals surface area contributed by atoms with Crippen LogP contribution in [0.5, 0.6) is 5.75 Å². The van der Waals surface area contributed by atoms with E-state index >= 15 is 17.6 Å². The molecule has 0 aliphatic heterocycles. The standard InChI is InChI=1S/C30H22F6OS/c1-17-14-21(20-10-7-11-22(15-20)37-3)12-13-23(17)26-27(29(33,34)30(35,36)28(26,31)32)24-16-25(38-18(24)2)19-8-5-4-6-9-19/h4-16H,1-3H3. The molecule has 0 fully saturated rings. The molecular weight excluding hydrogens is 522 g/mol. The van der Waals surface area contributed by atoms with Crippen LogP contribution in [0.1, 0.15) is 21.6 Å². The fraction of sp³-hybridized carbons (Fsp3) is 0.200. The molecular formula is C30H22F6OS. The molecule has 0 unspecified atom stereocenters. The highest BCUT2D eigenvalue weighted by molar-refractivity contribution is 7.15. The first-order valence-corrected chi connectivity index (χ1v) is 12.5. The average molecular weight is 545 g/mol. The number of hydrogen-bond donors (Lipinski definition) is 0. The van der Waals surface area contributed by atoms with Crippen LogP contribution in [0, 0.1) is 13.8 Å². The van der Waals surface area contributed by atoms with Crippen molar-refractivity contribution in [3.8, 4) is 27.3 Å². The van der Waals surface area contributed by atoms with Crippen LogP contribution in [-0.4, -0.2) is 24.9 Å². The Balaban J connectivity index is 1.73. The molecule has 0 radical (unpaired) electrons. The zero-order valence-electron chi connectivity index (χ0n) is 20.6. The van der Waals surface area contributed by atoms with Crippen molar-refractivity contribution >= 4 is 22.5 Å². The van der Waals surface area contributed by atoms with E-state index in [0.29, 0.717) is 27.3 Å². The molecule has 0 bridgehead atoms. The Morgan fingerprint density at radius 1 is 0.632 bits per heavy atom. The SMILES string of the molecule is COc1cccc(-c2ccc(C3=C(c4cc(-c5ccccc5)sc4C)C(F)(F)C(F)(F)C3(F)F)c(C)c2)c1. The fourth-order valence-corrected chi connectivity index (χ4v) is 5.87. The lowest BCUT2D eigenvalue weighted by atomic mass is 9.90. The van der Waals surface area contributed by atoms with Crippen LogP contribution in [0.25, 0.3) is 32.7 Å². The van der Waals surface area contributed by atoms with Gasteiger partial charge < -0.3 is 4.74 Å². The Hall–Kier alpha value is -3.52. The van der Waals surface area contributed by atoms with E-state index in [-0.39, 0.29) is 21.6 Å². The minimum absolute atomic E-state index is 0.169. The molecule has 1 aliphatic rings. The summed E-state index contributed by atoms with van der Waals surface area (Å²) in [5.74, 6) is -15.2. The van der Waals surface area contributed by atoms with Crippen molar-refractivity contribution in [2.24, 2.45) is 0 Å². The maximum atomic E-state index is 15.4. The van der Waals surface area contributed by atoms with Crippen molar-refractivity contribution in [1.29, 1.82) is 0 Å². The average Bonchev–Trinajstić information content (AvgIpc) is 3.32. The van der Waals surface area contributed by atoms with E-state index in [2.05, 4.69) is 0 Å². The molecule has 0 saturated carbocycles. The van der Waals surface area contributed by atoms with E-state index in [0.717, 1.165) is 11.3 Å². The van der Waals surface area contributed by atoms with Gasteiger partial charge in [-0.05, 0) is 65.4 Å². The van der Waals surface area contributed by atoms with Crippen LogP contribution in [0.3, 0.4) is 0 Å². The molecule has 0 spiro atoms. The molecule has 0 N–H and O–H groups in total. The van der Waals surface area contributed by atoms with Gasteiger partial charge in [-0.1, -0.05) is 60.7 Å². The summed E-state index contributed by atoms with van der Waals surface area (Å²) in [6.07, 6.45) is 0. The lowest BCUT2D eigenvalue weighted by Gasteiger charge is -2.26. The molecule has 0 amide bonds. The summed E-state index contributed by atoms with van der Waals surface area (Å²) in [4.78, 5) is 0.763. The third-order valence-corrected chi connectivity index (χ3v) is 7.91. The van der Waals surface area contributed by atoms with E-state index in [4.69, 9.17) is 4.74 Å². The number of alkyl halides is 6. The van der Waals surface area contributed by atoms with Crippen molar-refractivity contribution < 1.29 is 31.1 Å². The number of methoxy groups -OCH3 is 1. The van der Waals surface area contributed by atoms with Crippen molar-refractivity contribution in [2.75, 3.05) is 7.11 Å². The van der Waals surface area contributed by atoms with Crippen LogP contribution in [-0.2, 0) is 0 Å². The van der Waals surface area contributed by atoms with E-state index in [1.54, 1.807) is 54.6 Å². The first kappa shape index (κ1) is 26.1. The largest absolute Gasteiger partial charge is 0.497 e. The topological polar surface area (TPSA) is 9.23 Å². The minimum Gasteiger partial charge on any atom is -0.497 e. The Labute approximate surface area is 220 Å². The normalized spacial score (nSPS) is 17.6. The summed E-state index contributed by atoms with van der Waals surface area (Å²) < 4.78 is 96.3. The number of aryl methyl sites for hydroxylation is 2. The van der Waals surface area contributed by atoms with E-state index in [1.165, 1.54) is 45.2 Å². The highest BCUT2D eigenvalue weighted by Gasteiger charge is 2.80. The van der Waals surface area contributed by atoms with Crippen LogP contribution < -0.4 is 4.74 Å². The number of hydrogen-bond acceptors (Lipinski definition) is 2. The molecule has 38 heavy (non-hydrogen) atoms. The van der Waals surface area contributed by atoms with Gasteiger partial charge >= 0.3 is 17.8 Å². The van der Waals surface area contributed by atoms with Crippen molar-refractivity contribution in [2.45, 2.75) is 31.6 Å². The predicted molar refractivity (Wildman–Crippen MR) is 139 cm³/mol. The van der Waals surface area contributed by atoms with Gasteiger partial charge in [0.05, 0.1) is 7.11 Å². The van der Waals surface area contributed by atoms with Gasteiger partial charge in [-0.25, -0.2) is 0 Å². The Morgan fingerprint density at radius 2 is 1.24 bits per heavy atom. The first-order valence-electron chi connectivity index (χ1n) is 11.7. The molecule has 8 heteroatoms. The second-order valence-corrected chi connectivity index (χ2v) is 10.4. The molecule has 1 heterocycles. The number of halogens is 6. The van der Waals surface area contributed by atoms with Gasteiger partial charge in [-0.2, -0.15) is 26.3 Å². The lowest BCUT2D eigenvalue weighted by Crippen LogP contribution is -2.49. The molecule has 196 valence electrons. The zero-order chi connectivity index (χ0) is 27.5. The van der Waals surface area contributed by atoms with Gasteiger partial charge in [0.15, 0.2) is 0 Å². The fourth-order valence-electron chi connectivity index (χ4n) is 4.83. The van der Waals surface area contributed by atoms with E-state index in [9.17, 15) is 8.78 Å². The molecule has 3 aromatic carbocycles. The summed E-state index contributed by atoms with van der Waals surface area (Å²) in [7, 11) is 1.50. The van der Waals surface area contributed by atoms with E-state index < -0.39 is 28.9 Å². The zero-order valence-corrected chi connectivity index (χ0v) is 21.4. The summed E-state index contributed by atoms with van der Waals surface area (Å²) in [6, 6.07) is 21.2. The molecule has 0 atom stereocenters. The number of ether oxygens (including phenoxy) is 1. The van der Waals surface area contributed by atoms with Gasteiger partial charge in [0, 0.05) is 20.9 Å². The minimum atomic E-state index is -5.61. The quantitative estimate of drug-likeness (QED) is 0.227. The van der Waals surface area contributed by atoms with Gasteiger partial charge in [0.1, 0.15) is 5.75 Å². The molecule has 4 aromatic rings. The summed E-state index contributed by atoms with van der Waals surface area (Å²) >= 11 is 1.09. The second kappa shape index (κ2) is 9.05. The third kappa shape index (κ3) is 3.85. The summed E-state index contributed by atoms with van der Waals surface area (Å²) in [6.45, 7) is 2.92. The summed E-state index contributed by atoms with van der Waals surface area (Å²) in [5, 5.41) is 0. The molecule has 1 nitrogen and oxygen atoms in total. The van der Waals surface area contributed by atoms with Crippen LogP contribution in [0.4, 0.5) is 26.3 Å². The Kier molecular flexibility index (Phi) is 6.21. The third-order valence-electron chi connectivity index (χ3n) is 6.81. The maximum Gasteiger partial charge on any atom is 0.380 e. The van der Waals surface area contributed by atoms with Crippen molar-refractivity contribution in [3.05, 3.63) is 100 Å². The highest BCUT2D eigenvalue weighted by atomic mass is 32.1. The molecule has 0 saturated heterocycles. The number of benzene rings is 3. The van der Waals surface area contributed by atoms with Crippen LogP contribution in [0.2, 0.25) is 0 Å². The predicted octanol–water partition coefficient (Wildman–Crippen LogP) is 9.54. The second-order valence-electron chi connectivity index (χ2n) is 9.18. The number of rotatable bonds is 5. The van der Waals surface area contributed by atoms with Crippen molar-refractivity contribution in [3.63, 3.8) is 0 Å². The summed E-state index contributed by atoms with van der Waals surface area (Å²) in [5.41, 5.74) is -1.19. The Bertz CT molecular complexity index is 1550. The molecule has 5 rings (SSSR count). The Morgan fingerprint density at radius 3 is 1.87 bits per heavy atom. The van der Waals surface area contributed by atoms with Gasteiger partial charge in [0.25, 0.3) is 0 Å². The van der Waals surface area contributed by atoms with E-state index in [1.807, 2.05) is 0 Å².